The van der Waals surface area contributed by atoms with Gasteiger partial charge in [-0.05, 0) is 19.8 Å². The van der Waals surface area contributed by atoms with Gasteiger partial charge in [0.1, 0.15) is 0 Å². The third kappa shape index (κ3) is 5.43. The maximum absolute atomic E-state index is 11.6. The van der Waals surface area contributed by atoms with Crippen molar-refractivity contribution in [2.24, 2.45) is 0 Å². The fraction of sp³-hybridized carbons (Fsp3) is 0.889. The summed E-state index contributed by atoms with van der Waals surface area (Å²) in [6, 6.07) is 0. The minimum Gasteiger partial charge on any atom is -0.468 e. The van der Waals surface area contributed by atoms with Gasteiger partial charge < -0.3 is 9.84 Å². The van der Waals surface area contributed by atoms with Crippen LogP contribution in [0.25, 0.3) is 0 Å². The number of ether oxygens (including phenoxy) is 1. The van der Waals surface area contributed by atoms with Crippen molar-refractivity contribution in [2.75, 3.05) is 19.5 Å². The van der Waals surface area contributed by atoms with Crippen LogP contribution >= 0.6 is 0 Å². The van der Waals surface area contributed by atoms with Gasteiger partial charge >= 0.3 is 5.97 Å². The predicted octanol–water partition coefficient (Wildman–Crippen LogP) is -0.370. The number of rotatable bonds is 7. The number of carbonyl (C=O) groups excluding carboxylic acids is 1. The molecular formula is C9H19NO5S. The van der Waals surface area contributed by atoms with Gasteiger partial charge in [-0.2, -0.15) is 0 Å². The van der Waals surface area contributed by atoms with E-state index >= 15 is 0 Å². The standard InChI is InChI=1S/C9H19NO5S/c1-4-9(2,5-6-11)10-16(13,14)7-8(12)15-3/h10-11H,4-7H2,1-3H3. The third-order valence-corrected chi connectivity index (χ3v) is 3.80. The molecular weight excluding hydrogens is 234 g/mol. The van der Waals surface area contributed by atoms with Crippen LogP contribution in [0.2, 0.25) is 0 Å². The summed E-state index contributed by atoms with van der Waals surface area (Å²) in [5.74, 6) is -1.51. The normalized spacial score (nSPS) is 15.5. The second-order valence-corrected chi connectivity index (χ2v) is 5.55. The van der Waals surface area contributed by atoms with Gasteiger partial charge in [-0.1, -0.05) is 6.92 Å². The zero-order valence-corrected chi connectivity index (χ0v) is 10.6. The van der Waals surface area contributed by atoms with Crippen molar-refractivity contribution in [1.29, 1.82) is 0 Å². The van der Waals surface area contributed by atoms with Crippen molar-refractivity contribution in [2.45, 2.75) is 32.2 Å². The van der Waals surface area contributed by atoms with Gasteiger partial charge in [0, 0.05) is 12.1 Å². The molecule has 16 heavy (non-hydrogen) atoms. The van der Waals surface area contributed by atoms with E-state index in [1.165, 1.54) is 0 Å². The number of esters is 1. The fourth-order valence-corrected chi connectivity index (χ4v) is 2.67. The van der Waals surface area contributed by atoms with E-state index < -0.39 is 27.3 Å². The number of carbonyl (C=O) groups is 1. The van der Waals surface area contributed by atoms with Gasteiger partial charge in [0.05, 0.1) is 7.11 Å². The lowest BCUT2D eigenvalue weighted by Gasteiger charge is -2.28. The van der Waals surface area contributed by atoms with E-state index in [1.807, 2.05) is 0 Å². The van der Waals surface area contributed by atoms with E-state index in [0.717, 1.165) is 7.11 Å². The predicted molar refractivity (Wildman–Crippen MR) is 59.3 cm³/mol. The molecule has 0 heterocycles. The highest BCUT2D eigenvalue weighted by molar-refractivity contribution is 7.90. The second-order valence-electron chi connectivity index (χ2n) is 3.83. The molecule has 6 nitrogen and oxygen atoms in total. The highest BCUT2D eigenvalue weighted by Crippen LogP contribution is 2.15. The van der Waals surface area contributed by atoms with Gasteiger partial charge in [-0.25, -0.2) is 13.1 Å². The molecule has 0 aliphatic rings. The molecule has 0 aromatic rings. The molecule has 1 atom stereocenters. The summed E-state index contributed by atoms with van der Waals surface area (Å²) < 4.78 is 29.8. The van der Waals surface area contributed by atoms with Crippen LogP contribution in [0.1, 0.15) is 26.7 Å². The van der Waals surface area contributed by atoms with Crippen LogP contribution in [-0.4, -0.2) is 44.5 Å². The molecule has 96 valence electrons. The van der Waals surface area contributed by atoms with Gasteiger partial charge in [0.15, 0.2) is 5.75 Å². The van der Waals surface area contributed by atoms with Gasteiger partial charge in [-0.15, -0.1) is 0 Å². The van der Waals surface area contributed by atoms with Crippen molar-refractivity contribution in [3.63, 3.8) is 0 Å². The van der Waals surface area contributed by atoms with E-state index in [1.54, 1.807) is 13.8 Å². The molecule has 0 rings (SSSR count). The Labute approximate surface area is 96.0 Å². The Morgan fingerprint density at radius 1 is 1.50 bits per heavy atom. The minimum atomic E-state index is -3.72. The van der Waals surface area contributed by atoms with Gasteiger partial charge in [0.25, 0.3) is 0 Å². The molecule has 0 saturated carbocycles. The molecule has 7 heteroatoms. The third-order valence-electron chi connectivity index (χ3n) is 2.38. The number of aliphatic hydroxyl groups is 1. The van der Waals surface area contributed by atoms with Gasteiger partial charge in [0.2, 0.25) is 10.0 Å². The first-order valence-electron chi connectivity index (χ1n) is 4.98. The summed E-state index contributed by atoms with van der Waals surface area (Å²) >= 11 is 0. The summed E-state index contributed by atoms with van der Waals surface area (Å²) in [6.07, 6.45) is 0.817. The lowest BCUT2D eigenvalue weighted by atomic mass is 9.97. The van der Waals surface area contributed by atoms with Crippen LogP contribution in [0.3, 0.4) is 0 Å². The lowest BCUT2D eigenvalue weighted by molar-refractivity contribution is -0.137. The Kier molecular flexibility index (Phi) is 5.91. The summed E-state index contributed by atoms with van der Waals surface area (Å²) in [5.41, 5.74) is -0.735. The van der Waals surface area contributed by atoms with Crippen LogP contribution in [0.5, 0.6) is 0 Å². The number of sulfonamides is 1. The molecule has 1 unspecified atom stereocenters. The molecule has 0 amide bonds. The summed E-state index contributed by atoms with van der Waals surface area (Å²) in [7, 11) is -2.59. The quantitative estimate of drug-likeness (QED) is 0.604. The lowest BCUT2D eigenvalue weighted by Crippen LogP contribution is -2.47. The van der Waals surface area contributed by atoms with Crippen LogP contribution in [0.15, 0.2) is 0 Å². The van der Waals surface area contributed by atoms with Crippen molar-refractivity contribution in [3.05, 3.63) is 0 Å². The monoisotopic (exact) mass is 253 g/mol. The fourth-order valence-electron chi connectivity index (χ4n) is 1.17. The largest absolute Gasteiger partial charge is 0.468 e. The number of hydrogen-bond acceptors (Lipinski definition) is 5. The van der Waals surface area contributed by atoms with Crippen LogP contribution < -0.4 is 4.72 Å². The van der Waals surface area contributed by atoms with Crippen LogP contribution in [0.4, 0.5) is 0 Å². The average Bonchev–Trinajstić information content (AvgIpc) is 2.16. The van der Waals surface area contributed by atoms with Crippen LogP contribution in [-0.2, 0) is 19.6 Å². The van der Waals surface area contributed by atoms with Crippen molar-refractivity contribution < 1.29 is 23.1 Å². The molecule has 0 radical (unpaired) electrons. The molecule has 0 saturated heterocycles. The minimum absolute atomic E-state index is 0.120. The molecule has 0 bridgehead atoms. The first-order chi connectivity index (χ1) is 7.28. The molecule has 0 aliphatic heterocycles. The van der Waals surface area contributed by atoms with Crippen molar-refractivity contribution in [1.82, 2.24) is 4.72 Å². The smallest absolute Gasteiger partial charge is 0.322 e. The molecule has 0 aromatic heterocycles. The number of methoxy groups -OCH3 is 1. The van der Waals surface area contributed by atoms with Crippen LogP contribution in [0, 0.1) is 0 Å². The first-order valence-corrected chi connectivity index (χ1v) is 6.63. The Hall–Kier alpha value is -0.660. The zero-order chi connectivity index (χ0) is 12.8. The molecule has 0 aromatic carbocycles. The number of hydrogen-bond donors (Lipinski definition) is 2. The molecule has 0 spiro atoms. The maximum atomic E-state index is 11.6. The second kappa shape index (κ2) is 6.17. The van der Waals surface area contributed by atoms with E-state index in [2.05, 4.69) is 9.46 Å². The summed E-state index contributed by atoms with van der Waals surface area (Å²) in [4.78, 5) is 10.9. The van der Waals surface area contributed by atoms with E-state index in [-0.39, 0.29) is 6.61 Å². The molecule has 0 aliphatic carbocycles. The summed E-state index contributed by atoms with van der Waals surface area (Å²) in [6.45, 7) is 3.36. The highest BCUT2D eigenvalue weighted by Gasteiger charge is 2.29. The zero-order valence-electron chi connectivity index (χ0n) is 9.82. The Balaban J connectivity index is 4.61. The van der Waals surface area contributed by atoms with Crippen molar-refractivity contribution in [3.8, 4) is 0 Å². The number of aliphatic hydroxyl groups excluding tert-OH is 1. The van der Waals surface area contributed by atoms with Gasteiger partial charge in [-0.3, -0.25) is 4.79 Å². The van der Waals surface area contributed by atoms with E-state index in [4.69, 9.17) is 5.11 Å². The van der Waals surface area contributed by atoms with E-state index in [0.29, 0.717) is 12.8 Å². The average molecular weight is 253 g/mol. The summed E-state index contributed by atoms with van der Waals surface area (Å²) in [5, 5.41) is 8.83. The number of nitrogens with one attached hydrogen (secondary N) is 1. The first kappa shape index (κ1) is 15.3. The Morgan fingerprint density at radius 3 is 2.44 bits per heavy atom. The Bertz CT molecular complexity index is 327. The highest BCUT2D eigenvalue weighted by atomic mass is 32.2. The maximum Gasteiger partial charge on any atom is 0.322 e. The molecule has 0 fully saturated rings. The molecule has 2 N–H and O–H groups in total. The topological polar surface area (TPSA) is 92.7 Å². The Morgan fingerprint density at radius 2 is 2.06 bits per heavy atom. The van der Waals surface area contributed by atoms with Crippen molar-refractivity contribution >= 4 is 16.0 Å². The van der Waals surface area contributed by atoms with E-state index in [9.17, 15) is 13.2 Å². The SMILES string of the molecule is CCC(C)(CCO)NS(=O)(=O)CC(=O)OC.